The standard InChI is InChI=1S/C14H18F2N2O/c15-12-2-3-13(16)11(7-12)1-4-14(19)18-6-5-10(8-17)9-18/h2-3,7,10H,1,4-6,8-9,17H2. The Morgan fingerprint density at radius 1 is 1.42 bits per heavy atom. The maximum Gasteiger partial charge on any atom is 0.222 e. The summed E-state index contributed by atoms with van der Waals surface area (Å²) in [6, 6.07) is 3.32. The van der Waals surface area contributed by atoms with E-state index >= 15 is 0 Å². The van der Waals surface area contributed by atoms with Crippen LogP contribution in [0.1, 0.15) is 18.4 Å². The first kappa shape index (κ1) is 13.9. The minimum absolute atomic E-state index is 0.0142. The molecule has 2 rings (SSSR count). The number of nitrogens with zero attached hydrogens (tertiary/aromatic N) is 1. The van der Waals surface area contributed by atoms with Gasteiger partial charge in [-0.15, -0.1) is 0 Å². The largest absolute Gasteiger partial charge is 0.342 e. The molecule has 0 saturated carbocycles. The van der Waals surface area contributed by atoms with Gasteiger partial charge in [0.1, 0.15) is 11.6 Å². The topological polar surface area (TPSA) is 46.3 Å². The number of aryl methyl sites for hydroxylation is 1. The second-order valence-corrected chi connectivity index (χ2v) is 4.97. The molecule has 0 aromatic heterocycles. The fourth-order valence-electron chi connectivity index (χ4n) is 2.39. The average molecular weight is 268 g/mol. The molecule has 0 radical (unpaired) electrons. The lowest BCUT2D eigenvalue weighted by atomic mass is 10.1. The molecule has 1 saturated heterocycles. The van der Waals surface area contributed by atoms with E-state index in [1.807, 2.05) is 0 Å². The van der Waals surface area contributed by atoms with Crippen LogP contribution in [0.15, 0.2) is 18.2 Å². The smallest absolute Gasteiger partial charge is 0.222 e. The molecule has 1 heterocycles. The summed E-state index contributed by atoms with van der Waals surface area (Å²) in [5.74, 6) is -0.585. The molecule has 0 aliphatic carbocycles. The predicted molar refractivity (Wildman–Crippen MR) is 68.4 cm³/mol. The van der Waals surface area contributed by atoms with Crippen molar-refractivity contribution in [3.05, 3.63) is 35.4 Å². The molecule has 1 aliphatic rings. The fourth-order valence-corrected chi connectivity index (χ4v) is 2.39. The van der Waals surface area contributed by atoms with Gasteiger partial charge in [-0.05, 0) is 49.1 Å². The van der Waals surface area contributed by atoms with E-state index in [0.29, 0.717) is 25.6 Å². The number of nitrogens with two attached hydrogens (primary N) is 1. The zero-order chi connectivity index (χ0) is 13.8. The molecule has 1 aliphatic heterocycles. The monoisotopic (exact) mass is 268 g/mol. The van der Waals surface area contributed by atoms with Crippen LogP contribution in [-0.2, 0) is 11.2 Å². The second kappa shape index (κ2) is 6.10. The number of halogens is 2. The van der Waals surface area contributed by atoms with Gasteiger partial charge in [-0.1, -0.05) is 0 Å². The molecule has 5 heteroatoms. The van der Waals surface area contributed by atoms with Crippen LogP contribution in [0.5, 0.6) is 0 Å². The van der Waals surface area contributed by atoms with Gasteiger partial charge in [0.05, 0.1) is 0 Å². The van der Waals surface area contributed by atoms with Crippen molar-refractivity contribution in [2.24, 2.45) is 11.7 Å². The van der Waals surface area contributed by atoms with E-state index in [-0.39, 0.29) is 24.3 Å². The summed E-state index contributed by atoms with van der Waals surface area (Å²) in [5, 5.41) is 0. The van der Waals surface area contributed by atoms with E-state index in [1.54, 1.807) is 4.90 Å². The minimum Gasteiger partial charge on any atom is -0.342 e. The third kappa shape index (κ3) is 3.50. The van der Waals surface area contributed by atoms with Crippen LogP contribution < -0.4 is 5.73 Å². The molecule has 0 bridgehead atoms. The van der Waals surface area contributed by atoms with Gasteiger partial charge in [-0.2, -0.15) is 0 Å². The molecule has 1 aromatic carbocycles. The van der Waals surface area contributed by atoms with E-state index in [9.17, 15) is 13.6 Å². The Labute approximate surface area is 111 Å². The molecule has 104 valence electrons. The van der Waals surface area contributed by atoms with Gasteiger partial charge in [0, 0.05) is 19.5 Å². The Hall–Kier alpha value is -1.49. The van der Waals surface area contributed by atoms with E-state index in [2.05, 4.69) is 0 Å². The molecule has 1 unspecified atom stereocenters. The quantitative estimate of drug-likeness (QED) is 0.903. The minimum atomic E-state index is -0.479. The van der Waals surface area contributed by atoms with Crippen LogP contribution >= 0.6 is 0 Å². The van der Waals surface area contributed by atoms with Gasteiger partial charge in [0.2, 0.25) is 5.91 Å². The lowest BCUT2D eigenvalue weighted by molar-refractivity contribution is -0.130. The molecule has 2 N–H and O–H groups in total. The molecule has 19 heavy (non-hydrogen) atoms. The third-order valence-electron chi connectivity index (χ3n) is 3.59. The zero-order valence-corrected chi connectivity index (χ0v) is 10.7. The second-order valence-electron chi connectivity index (χ2n) is 4.97. The SMILES string of the molecule is NCC1CCN(C(=O)CCc2cc(F)ccc2F)C1. The van der Waals surface area contributed by atoms with Crippen LogP contribution in [0.25, 0.3) is 0 Å². The van der Waals surface area contributed by atoms with E-state index < -0.39 is 11.6 Å². The van der Waals surface area contributed by atoms with Gasteiger partial charge in [0.25, 0.3) is 0 Å². The number of hydrogen-bond donors (Lipinski definition) is 1. The van der Waals surface area contributed by atoms with Crippen LogP contribution in [0, 0.1) is 17.6 Å². The normalized spacial score (nSPS) is 18.9. The highest BCUT2D eigenvalue weighted by molar-refractivity contribution is 5.76. The third-order valence-corrected chi connectivity index (χ3v) is 3.59. The van der Waals surface area contributed by atoms with Crippen LogP contribution in [0.4, 0.5) is 8.78 Å². The van der Waals surface area contributed by atoms with Crippen molar-refractivity contribution in [3.63, 3.8) is 0 Å². The maximum atomic E-state index is 13.4. The molecule has 1 atom stereocenters. The Balaban J connectivity index is 1.88. The van der Waals surface area contributed by atoms with E-state index in [1.165, 1.54) is 0 Å². The highest BCUT2D eigenvalue weighted by Crippen LogP contribution is 2.17. The number of carbonyl (C=O) groups excluding carboxylic acids is 1. The van der Waals surface area contributed by atoms with Gasteiger partial charge in [-0.25, -0.2) is 8.78 Å². The maximum absolute atomic E-state index is 13.4. The van der Waals surface area contributed by atoms with Crippen LogP contribution in [0.3, 0.4) is 0 Å². The summed E-state index contributed by atoms with van der Waals surface area (Å²) in [4.78, 5) is 13.7. The first-order valence-electron chi connectivity index (χ1n) is 6.52. The summed E-state index contributed by atoms with van der Waals surface area (Å²) >= 11 is 0. The number of benzene rings is 1. The molecule has 0 spiro atoms. The van der Waals surface area contributed by atoms with Crippen molar-refractivity contribution >= 4 is 5.91 Å². The van der Waals surface area contributed by atoms with Gasteiger partial charge >= 0.3 is 0 Å². The Morgan fingerprint density at radius 3 is 2.89 bits per heavy atom. The first-order chi connectivity index (χ1) is 9.10. The molecular formula is C14H18F2N2O. The van der Waals surface area contributed by atoms with Crippen molar-refractivity contribution in [1.29, 1.82) is 0 Å². The highest BCUT2D eigenvalue weighted by Gasteiger charge is 2.24. The van der Waals surface area contributed by atoms with Crippen molar-refractivity contribution < 1.29 is 13.6 Å². The van der Waals surface area contributed by atoms with Gasteiger partial charge in [-0.3, -0.25) is 4.79 Å². The number of likely N-dealkylation sites (tertiary alicyclic amines) is 1. The van der Waals surface area contributed by atoms with Crippen LogP contribution in [0.2, 0.25) is 0 Å². The summed E-state index contributed by atoms with van der Waals surface area (Å²) in [6.07, 6.45) is 1.36. The van der Waals surface area contributed by atoms with Crippen molar-refractivity contribution in [1.82, 2.24) is 4.90 Å². The Morgan fingerprint density at radius 2 is 2.21 bits per heavy atom. The zero-order valence-electron chi connectivity index (χ0n) is 10.7. The Bertz CT molecular complexity index is 465. The summed E-state index contributed by atoms with van der Waals surface area (Å²) in [7, 11) is 0. The van der Waals surface area contributed by atoms with Gasteiger partial charge < -0.3 is 10.6 Å². The first-order valence-corrected chi connectivity index (χ1v) is 6.52. The van der Waals surface area contributed by atoms with Crippen molar-refractivity contribution in [2.75, 3.05) is 19.6 Å². The van der Waals surface area contributed by atoms with Crippen molar-refractivity contribution in [2.45, 2.75) is 19.3 Å². The molecule has 1 aromatic rings. The van der Waals surface area contributed by atoms with E-state index in [0.717, 1.165) is 24.6 Å². The number of carbonyl (C=O) groups is 1. The van der Waals surface area contributed by atoms with Crippen LogP contribution in [-0.4, -0.2) is 30.4 Å². The van der Waals surface area contributed by atoms with E-state index in [4.69, 9.17) is 5.73 Å². The number of rotatable bonds is 4. The fraction of sp³-hybridized carbons (Fsp3) is 0.500. The summed E-state index contributed by atoms with van der Waals surface area (Å²) in [5.41, 5.74) is 5.82. The Kier molecular flexibility index (Phi) is 4.47. The summed E-state index contributed by atoms with van der Waals surface area (Å²) < 4.78 is 26.4. The molecule has 1 fully saturated rings. The lowest BCUT2D eigenvalue weighted by Crippen LogP contribution is -2.30. The number of amides is 1. The number of hydrogen-bond acceptors (Lipinski definition) is 2. The summed E-state index contributed by atoms with van der Waals surface area (Å²) in [6.45, 7) is 1.98. The predicted octanol–water partition coefficient (Wildman–Crippen LogP) is 1.70. The highest BCUT2D eigenvalue weighted by atomic mass is 19.1. The lowest BCUT2D eigenvalue weighted by Gasteiger charge is -2.16. The van der Waals surface area contributed by atoms with Gasteiger partial charge in [0.15, 0.2) is 0 Å². The average Bonchev–Trinajstić information content (AvgIpc) is 2.88. The van der Waals surface area contributed by atoms with Crippen molar-refractivity contribution in [3.8, 4) is 0 Å². The molecule has 1 amide bonds. The molecule has 3 nitrogen and oxygen atoms in total. The molecular weight excluding hydrogens is 250 g/mol.